The topological polar surface area (TPSA) is 45.2 Å². The van der Waals surface area contributed by atoms with Gasteiger partial charge in [0.25, 0.3) is 0 Å². The van der Waals surface area contributed by atoms with Crippen LogP contribution in [-0.2, 0) is 20.1 Å². The van der Waals surface area contributed by atoms with Crippen LogP contribution in [-0.4, -0.2) is 22.5 Å². The van der Waals surface area contributed by atoms with Crippen LogP contribution in [0.15, 0.2) is 67.3 Å². The Labute approximate surface area is 142 Å². The number of aromatic nitrogens is 3. The van der Waals surface area contributed by atoms with Gasteiger partial charge in [-0.1, -0.05) is 30.3 Å². The molecular weight excluding hydrogens is 453 g/mol. The summed E-state index contributed by atoms with van der Waals surface area (Å²) >= 11 is 0. The van der Waals surface area contributed by atoms with E-state index >= 15 is 0 Å². The average molecular weight is 464 g/mol. The minimum absolute atomic E-state index is 0. The van der Waals surface area contributed by atoms with E-state index in [9.17, 15) is 0 Å². The summed E-state index contributed by atoms with van der Waals surface area (Å²) < 4.78 is 0. The Morgan fingerprint density at radius 3 is 2.00 bits per heavy atom. The summed E-state index contributed by atoms with van der Waals surface area (Å²) in [7, 11) is 2.00. The van der Waals surface area contributed by atoms with Crippen LogP contribution in [0, 0.1) is 0 Å². The predicted octanol–water partition coefficient (Wildman–Crippen LogP) is 2.69. The van der Waals surface area contributed by atoms with Crippen molar-refractivity contribution in [2.45, 2.75) is 0 Å². The fourth-order valence-corrected chi connectivity index (χ4v) is 2.42. The Kier molecular flexibility index (Phi) is 4.18. The van der Waals surface area contributed by atoms with Gasteiger partial charge in [-0.05, 0) is 24.3 Å². The molecule has 0 saturated carbocycles. The zero-order valence-electron chi connectivity index (χ0n) is 11.5. The molecule has 0 spiro atoms. The third-order valence-electron chi connectivity index (χ3n) is 3.36. The summed E-state index contributed by atoms with van der Waals surface area (Å²) in [5, 5.41) is 0. The van der Waals surface area contributed by atoms with Gasteiger partial charge >= 0.3 is 7.55 Å². The van der Waals surface area contributed by atoms with Gasteiger partial charge in [0, 0.05) is 25.8 Å². The van der Waals surface area contributed by atoms with Crippen LogP contribution in [0.2, 0.25) is 0 Å². The number of hydrogen-bond acceptors (Lipinski definition) is 5. The average Bonchev–Trinajstić information content (AvgIpc) is 2.96. The molecule has 2 aromatic carbocycles. The van der Waals surface area contributed by atoms with Gasteiger partial charge in [0.05, 0.1) is 11.4 Å². The first kappa shape index (κ1) is 14.7. The van der Waals surface area contributed by atoms with E-state index in [1.807, 2.05) is 42.7 Å². The van der Waals surface area contributed by atoms with E-state index in [0.29, 0.717) is 5.95 Å². The van der Waals surface area contributed by atoms with Gasteiger partial charge in [-0.15, -0.1) is 0 Å². The molecule has 0 unspecified atom stereocenters. The van der Waals surface area contributed by atoms with Crippen molar-refractivity contribution in [1.82, 2.24) is 15.0 Å². The number of anilines is 4. The molecule has 1 aliphatic rings. The van der Waals surface area contributed by atoms with Crippen molar-refractivity contribution >= 4 is 30.6 Å². The number of benzene rings is 2. The molecule has 3 aromatic rings. The van der Waals surface area contributed by atoms with E-state index < -0.39 is 0 Å². The van der Waals surface area contributed by atoms with Gasteiger partial charge in [0.2, 0.25) is 5.95 Å². The van der Waals surface area contributed by atoms with Crippen LogP contribution in [0.3, 0.4) is 0 Å². The first-order valence-corrected chi connectivity index (χ1v) is 6.63. The number of hydrogen-bond donors (Lipinski definition) is 0. The van der Waals surface area contributed by atoms with Gasteiger partial charge in [0.1, 0.15) is 12.7 Å². The molecule has 7 heteroatoms. The van der Waals surface area contributed by atoms with Crippen LogP contribution >= 0.6 is 0 Å². The molecule has 0 saturated heterocycles. The molecule has 2 radical (unpaired) electrons. The second-order valence-electron chi connectivity index (χ2n) is 4.62. The van der Waals surface area contributed by atoms with Crippen molar-refractivity contribution < 1.29 is 20.1 Å². The van der Waals surface area contributed by atoms with E-state index in [1.54, 1.807) is 0 Å². The monoisotopic (exact) mass is 465 g/mol. The second kappa shape index (κ2) is 6.26. The Hall–Kier alpha value is -2.24. The van der Waals surface area contributed by atoms with Gasteiger partial charge in [-0.25, -0.2) is 15.0 Å². The van der Waals surface area contributed by atoms with Crippen molar-refractivity contribution in [3.63, 3.8) is 0 Å². The molecule has 22 heavy (non-hydrogen) atoms. The molecular formula is C15H11BIrN5. The second-order valence-corrected chi connectivity index (χ2v) is 4.62. The quantitative estimate of drug-likeness (QED) is 0.546. The fourth-order valence-electron chi connectivity index (χ4n) is 2.42. The largest absolute Gasteiger partial charge is 0.403 e. The van der Waals surface area contributed by atoms with Gasteiger partial charge in [-0.2, -0.15) is 0 Å². The van der Waals surface area contributed by atoms with Crippen LogP contribution in [0.1, 0.15) is 0 Å². The number of fused-ring (bicyclic) bond motifs is 1. The van der Waals surface area contributed by atoms with Crippen LogP contribution in [0.4, 0.5) is 23.0 Å². The Balaban J connectivity index is 0.00000144. The maximum Gasteiger partial charge on any atom is 0.403 e. The third-order valence-corrected chi connectivity index (χ3v) is 3.36. The molecule has 4 rings (SSSR count). The van der Waals surface area contributed by atoms with Gasteiger partial charge in [0.15, 0.2) is 0 Å². The van der Waals surface area contributed by atoms with E-state index in [-0.39, 0.29) is 20.1 Å². The summed E-state index contributed by atoms with van der Waals surface area (Å²) in [6, 6.07) is 18.4. The molecule has 108 valence electrons. The molecule has 1 aromatic heterocycles. The van der Waals surface area contributed by atoms with Crippen molar-refractivity contribution in [2.24, 2.45) is 0 Å². The molecule has 0 fully saturated rings. The molecule has 0 atom stereocenters. The molecule has 1 aliphatic heterocycles. The molecule has 5 nitrogen and oxygen atoms in total. The van der Waals surface area contributed by atoms with E-state index in [0.717, 1.165) is 17.1 Å². The minimum atomic E-state index is 0. The van der Waals surface area contributed by atoms with E-state index in [2.05, 4.69) is 44.0 Å². The van der Waals surface area contributed by atoms with Crippen molar-refractivity contribution in [2.75, 3.05) is 9.62 Å². The molecule has 0 aliphatic carbocycles. The molecule has 2 heterocycles. The molecule has 0 bridgehead atoms. The summed E-state index contributed by atoms with van der Waals surface area (Å²) in [5.74, 6) is 0.607. The first-order valence-electron chi connectivity index (χ1n) is 6.63. The zero-order chi connectivity index (χ0) is 14.1. The first-order chi connectivity index (χ1) is 10.4. The standard InChI is InChI=1S/C15H11BN5.Ir/c1-2-6-12(7-3-1)20-13-8-4-5-9-14(13)21(16-20)15-18-10-17-11-19-15;/h1-11H;. The molecule has 0 amide bonds. The Morgan fingerprint density at radius 1 is 0.727 bits per heavy atom. The Morgan fingerprint density at radius 2 is 1.32 bits per heavy atom. The smallest absolute Gasteiger partial charge is 0.367 e. The summed E-state index contributed by atoms with van der Waals surface area (Å²) in [6.45, 7) is 0. The minimum Gasteiger partial charge on any atom is -0.367 e. The van der Waals surface area contributed by atoms with Crippen molar-refractivity contribution in [3.8, 4) is 0 Å². The van der Waals surface area contributed by atoms with Crippen molar-refractivity contribution in [1.29, 1.82) is 0 Å². The maximum atomic E-state index is 4.23. The zero-order valence-corrected chi connectivity index (χ0v) is 13.9. The summed E-state index contributed by atoms with van der Waals surface area (Å²) in [4.78, 5) is 16.4. The normalized spacial score (nSPS) is 12.4. The van der Waals surface area contributed by atoms with E-state index in [1.165, 1.54) is 12.7 Å². The van der Waals surface area contributed by atoms with E-state index in [4.69, 9.17) is 0 Å². The predicted molar refractivity (Wildman–Crippen MR) is 82.7 cm³/mol. The molecule has 0 N–H and O–H groups in total. The SMILES string of the molecule is [B]1N(c2ccccc2)c2ccccc2N1c1ncncn1.[Ir]. The van der Waals surface area contributed by atoms with Crippen LogP contribution in [0.25, 0.3) is 0 Å². The summed E-state index contributed by atoms with van der Waals surface area (Å²) in [6.07, 6.45) is 3.01. The van der Waals surface area contributed by atoms with Crippen LogP contribution < -0.4 is 9.62 Å². The number of nitrogens with zero attached hydrogens (tertiary/aromatic N) is 5. The Bertz CT molecular complexity index is 692. The van der Waals surface area contributed by atoms with Gasteiger partial charge < -0.3 is 9.62 Å². The third kappa shape index (κ3) is 2.49. The fraction of sp³-hybridized carbons (Fsp3) is 0. The van der Waals surface area contributed by atoms with Crippen LogP contribution in [0.5, 0.6) is 0 Å². The number of rotatable bonds is 2. The maximum absolute atomic E-state index is 4.23. The van der Waals surface area contributed by atoms with Crippen molar-refractivity contribution in [3.05, 3.63) is 67.3 Å². The summed E-state index contributed by atoms with van der Waals surface area (Å²) in [5.41, 5.74) is 3.25. The number of para-hydroxylation sites is 3. The van der Waals surface area contributed by atoms with Gasteiger partial charge in [-0.3, -0.25) is 0 Å².